The van der Waals surface area contributed by atoms with Crippen molar-refractivity contribution in [1.29, 1.82) is 0 Å². The minimum Gasteiger partial charge on any atom is -0.368 e. The summed E-state index contributed by atoms with van der Waals surface area (Å²) in [5.41, 5.74) is 6.41. The Bertz CT molecular complexity index is 1360. The Hall–Kier alpha value is -4.03. The molecule has 1 atom stereocenters. The summed E-state index contributed by atoms with van der Waals surface area (Å²) in [6.45, 7) is 0. The Balaban J connectivity index is 1.48. The molecule has 6 heteroatoms. The molecule has 0 N–H and O–H groups in total. The van der Waals surface area contributed by atoms with E-state index in [1.54, 1.807) is 6.20 Å². The minimum atomic E-state index is 0.0594. The summed E-state index contributed by atoms with van der Waals surface area (Å²) in [4.78, 5) is 12.5. The fourth-order valence-electron chi connectivity index (χ4n) is 3.76. The quantitative estimate of drug-likeness (QED) is 0.246. The largest absolute Gasteiger partial charge is 0.368 e. The molecule has 3 heterocycles. The van der Waals surface area contributed by atoms with Crippen LogP contribution < -0.4 is 0 Å². The first-order valence-corrected chi connectivity index (χ1v) is 11.4. The molecule has 0 fully saturated rings. The highest BCUT2D eigenvalue weighted by Crippen LogP contribution is 2.31. The molecule has 0 aliphatic carbocycles. The number of rotatable bonds is 5. The number of hydrogen-bond acceptors (Lipinski definition) is 6. The van der Waals surface area contributed by atoms with Crippen LogP contribution in [-0.2, 0) is 0 Å². The van der Waals surface area contributed by atoms with Crippen molar-refractivity contribution < 1.29 is 0 Å². The van der Waals surface area contributed by atoms with Gasteiger partial charge in [-0.15, -0.1) is 12.6 Å². The van der Waals surface area contributed by atoms with E-state index >= 15 is 0 Å². The number of likely N-dealkylation sites (N-methyl/N-ethyl adjacent to an activating group) is 1. The molecule has 2 aromatic heterocycles. The fourth-order valence-corrected chi connectivity index (χ4v) is 3.91. The zero-order valence-corrected chi connectivity index (χ0v) is 19.5. The number of aromatic nitrogens is 2. The number of allylic oxidation sites excluding steroid dienone is 2. The predicted octanol–water partition coefficient (Wildman–Crippen LogP) is 7.57. The summed E-state index contributed by atoms with van der Waals surface area (Å²) in [7, 11) is 2.06. The second-order valence-electron chi connectivity index (χ2n) is 7.98. The monoisotopic (exact) mass is 461 g/mol. The van der Waals surface area contributed by atoms with Crippen molar-refractivity contribution in [3.8, 4) is 22.5 Å². The molecule has 1 aliphatic heterocycles. The number of nitrogens with zero attached hydrogens (tertiary/aromatic N) is 5. The van der Waals surface area contributed by atoms with Gasteiger partial charge in [-0.3, -0.25) is 4.98 Å². The molecule has 166 valence electrons. The molecule has 1 aliphatic rings. The van der Waals surface area contributed by atoms with Crippen molar-refractivity contribution >= 4 is 24.0 Å². The van der Waals surface area contributed by atoms with E-state index in [4.69, 9.17) is 4.98 Å². The van der Waals surface area contributed by atoms with Gasteiger partial charge in [-0.1, -0.05) is 30.4 Å². The van der Waals surface area contributed by atoms with Crippen LogP contribution in [-0.4, -0.2) is 21.9 Å². The van der Waals surface area contributed by atoms with E-state index in [1.165, 1.54) is 0 Å². The molecular formula is C28H23N5S. The van der Waals surface area contributed by atoms with Gasteiger partial charge in [0.15, 0.2) is 0 Å². The van der Waals surface area contributed by atoms with Crippen LogP contribution in [0, 0.1) is 0 Å². The smallest absolute Gasteiger partial charge is 0.0896 e. The van der Waals surface area contributed by atoms with Gasteiger partial charge < -0.3 is 4.90 Å². The standard InChI is InChI=1S/C28H23N5S/c1-33-17-5-3-7-28(33)27-19-21(18-26(30-27)25-6-2-4-16-29-25)20-8-10-22(11-9-20)31-32-23-12-14-24(34)15-13-23/h2-19,28,34H,1H3. The maximum absolute atomic E-state index is 4.96. The Morgan fingerprint density at radius 3 is 2.21 bits per heavy atom. The topological polar surface area (TPSA) is 53.7 Å². The Morgan fingerprint density at radius 1 is 0.794 bits per heavy atom. The normalized spacial score (nSPS) is 15.2. The highest BCUT2D eigenvalue weighted by atomic mass is 32.1. The van der Waals surface area contributed by atoms with E-state index in [2.05, 4.69) is 82.4 Å². The van der Waals surface area contributed by atoms with Crippen LogP contribution in [0.4, 0.5) is 11.4 Å². The highest BCUT2D eigenvalue weighted by Gasteiger charge is 2.18. The lowest BCUT2D eigenvalue weighted by atomic mass is 10.00. The summed E-state index contributed by atoms with van der Waals surface area (Å²) >= 11 is 4.30. The van der Waals surface area contributed by atoms with Crippen molar-refractivity contribution in [2.45, 2.75) is 10.9 Å². The minimum absolute atomic E-state index is 0.0594. The number of pyridine rings is 2. The average molecular weight is 462 g/mol. The molecule has 0 radical (unpaired) electrons. The van der Waals surface area contributed by atoms with Crippen molar-refractivity contribution in [1.82, 2.24) is 14.9 Å². The van der Waals surface area contributed by atoms with E-state index in [-0.39, 0.29) is 6.04 Å². The maximum Gasteiger partial charge on any atom is 0.0896 e. The summed E-state index contributed by atoms with van der Waals surface area (Å²) in [5.74, 6) is 0. The van der Waals surface area contributed by atoms with Crippen molar-refractivity contribution in [2.24, 2.45) is 10.2 Å². The molecule has 0 bridgehead atoms. The van der Waals surface area contributed by atoms with Gasteiger partial charge in [-0.05, 0) is 84.1 Å². The third-order valence-electron chi connectivity index (χ3n) is 5.57. The van der Waals surface area contributed by atoms with E-state index in [0.717, 1.165) is 44.5 Å². The van der Waals surface area contributed by atoms with Gasteiger partial charge in [0.25, 0.3) is 0 Å². The van der Waals surface area contributed by atoms with Gasteiger partial charge in [-0.25, -0.2) is 4.98 Å². The number of azo groups is 1. The molecule has 5 rings (SSSR count). The van der Waals surface area contributed by atoms with Crippen LogP contribution in [0.1, 0.15) is 11.7 Å². The average Bonchev–Trinajstić information content (AvgIpc) is 2.89. The second kappa shape index (κ2) is 9.85. The zero-order valence-electron chi connectivity index (χ0n) is 18.7. The van der Waals surface area contributed by atoms with Crippen molar-refractivity contribution in [3.63, 3.8) is 0 Å². The number of benzene rings is 2. The van der Waals surface area contributed by atoms with Crippen molar-refractivity contribution in [2.75, 3.05) is 7.05 Å². The Morgan fingerprint density at radius 2 is 1.53 bits per heavy atom. The summed E-state index contributed by atoms with van der Waals surface area (Å²) in [6.07, 6.45) is 10.1. The number of thiol groups is 1. The van der Waals surface area contributed by atoms with Gasteiger partial charge in [-0.2, -0.15) is 10.2 Å². The highest BCUT2D eigenvalue weighted by molar-refractivity contribution is 7.80. The molecule has 0 amide bonds. The van der Waals surface area contributed by atoms with Gasteiger partial charge in [0.05, 0.1) is 34.5 Å². The molecule has 0 saturated heterocycles. The first-order valence-electron chi connectivity index (χ1n) is 11.0. The summed E-state index contributed by atoms with van der Waals surface area (Å²) < 4.78 is 0. The lowest BCUT2D eigenvalue weighted by molar-refractivity contribution is 0.383. The Kier molecular flexibility index (Phi) is 6.31. The van der Waals surface area contributed by atoms with E-state index in [9.17, 15) is 0 Å². The SMILES string of the molecule is CN1C=CC=CC1c1cc(-c2ccc(N=Nc3ccc(S)cc3)cc2)cc(-c2ccccn2)n1. The molecule has 2 aromatic carbocycles. The first-order chi connectivity index (χ1) is 16.7. The third-order valence-corrected chi connectivity index (χ3v) is 5.87. The van der Waals surface area contributed by atoms with Gasteiger partial charge in [0.2, 0.25) is 0 Å². The number of hydrogen-bond donors (Lipinski definition) is 1. The van der Waals surface area contributed by atoms with Gasteiger partial charge >= 0.3 is 0 Å². The van der Waals surface area contributed by atoms with E-state index < -0.39 is 0 Å². The summed E-state index contributed by atoms with van der Waals surface area (Å²) in [6, 6.07) is 25.8. The van der Waals surface area contributed by atoms with Crippen LogP contribution in [0.5, 0.6) is 0 Å². The third kappa shape index (κ3) is 4.97. The molecule has 5 nitrogen and oxygen atoms in total. The second-order valence-corrected chi connectivity index (χ2v) is 8.50. The van der Waals surface area contributed by atoms with E-state index in [1.807, 2.05) is 60.7 Å². The molecule has 1 unspecified atom stereocenters. The molecule has 0 saturated carbocycles. The van der Waals surface area contributed by atoms with Crippen LogP contribution in [0.2, 0.25) is 0 Å². The maximum atomic E-state index is 4.96. The molecule has 34 heavy (non-hydrogen) atoms. The first kappa shape index (κ1) is 21.8. The van der Waals surface area contributed by atoms with Crippen LogP contribution in [0.3, 0.4) is 0 Å². The van der Waals surface area contributed by atoms with Gasteiger partial charge in [0, 0.05) is 18.1 Å². The predicted molar refractivity (Wildman–Crippen MR) is 140 cm³/mol. The zero-order chi connectivity index (χ0) is 23.3. The van der Waals surface area contributed by atoms with Crippen LogP contribution in [0.15, 0.2) is 125 Å². The van der Waals surface area contributed by atoms with Crippen LogP contribution >= 0.6 is 12.6 Å². The molecule has 4 aromatic rings. The lowest BCUT2D eigenvalue weighted by Gasteiger charge is -2.26. The van der Waals surface area contributed by atoms with Gasteiger partial charge in [0.1, 0.15) is 0 Å². The molecule has 0 spiro atoms. The summed E-state index contributed by atoms with van der Waals surface area (Å²) in [5, 5.41) is 8.67. The van der Waals surface area contributed by atoms with Crippen LogP contribution in [0.25, 0.3) is 22.5 Å². The van der Waals surface area contributed by atoms with E-state index in [0.29, 0.717) is 0 Å². The molecular weight excluding hydrogens is 438 g/mol. The fraction of sp³-hybridized carbons (Fsp3) is 0.0714. The Labute approximate surface area is 204 Å². The lowest BCUT2D eigenvalue weighted by Crippen LogP contribution is -2.20. The van der Waals surface area contributed by atoms with Crippen molar-refractivity contribution in [3.05, 3.63) is 115 Å².